The average Bonchev–Trinajstić information content (AvgIpc) is 3.06. The number of likely N-dealkylation sites (N-methyl/N-ethyl adjacent to an activating group) is 1. The number of benzene rings is 1. The lowest BCUT2D eigenvalue weighted by Crippen LogP contribution is -2.30. The number of thiophene rings is 1. The lowest BCUT2D eigenvalue weighted by atomic mass is 10.1. The fourth-order valence-corrected chi connectivity index (χ4v) is 4.65. The van der Waals surface area contributed by atoms with Crippen molar-refractivity contribution >= 4 is 39.1 Å². The summed E-state index contributed by atoms with van der Waals surface area (Å²) in [6.07, 6.45) is 0. The van der Waals surface area contributed by atoms with Gasteiger partial charge in [0, 0.05) is 23.2 Å². The van der Waals surface area contributed by atoms with Gasteiger partial charge in [0.05, 0.1) is 25.9 Å². The Bertz CT molecular complexity index is 1110. The summed E-state index contributed by atoms with van der Waals surface area (Å²) in [5, 5.41) is 3.71. The third-order valence-electron chi connectivity index (χ3n) is 4.76. The highest BCUT2D eigenvalue weighted by Crippen LogP contribution is 2.37. The number of rotatable bonds is 8. The Morgan fingerprint density at radius 2 is 1.97 bits per heavy atom. The number of esters is 1. The maximum absolute atomic E-state index is 12.9. The summed E-state index contributed by atoms with van der Waals surface area (Å²) >= 11 is 1.24. The zero-order chi connectivity index (χ0) is 22.5. The molecular weight excluding hydrogens is 414 g/mol. The molecule has 0 saturated heterocycles. The number of aromatic nitrogens is 1. The van der Waals surface area contributed by atoms with Crippen molar-refractivity contribution < 1.29 is 19.1 Å². The maximum Gasteiger partial charge on any atom is 0.350 e. The van der Waals surface area contributed by atoms with Crippen molar-refractivity contribution in [1.82, 2.24) is 9.88 Å². The van der Waals surface area contributed by atoms with Crippen LogP contribution in [0, 0.1) is 13.8 Å². The van der Waals surface area contributed by atoms with Crippen molar-refractivity contribution in [3.8, 4) is 5.75 Å². The number of fused-ring (bicyclic) bond motifs is 1. The zero-order valence-corrected chi connectivity index (χ0v) is 19.3. The minimum absolute atomic E-state index is 0.149. The standard InChI is InChI=1S/C23H27N3O4S/c1-6-30-23(28)21-20(19-14(2)11-15(3)24-22(19)31-21)25-18(27)13-26(4)12-16-9-7-8-10-17(16)29-5/h7-11H,6,12-13H2,1-5H3,(H,25,27). The minimum atomic E-state index is -0.458. The van der Waals surface area contributed by atoms with E-state index in [-0.39, 0.29) is 19.1 Å². The zero-order valence-electron chi connectivity index (χ0n) is 18.4. The number of nitrogens with one attached hydrogen (secondary N) is 1. The van der Waals surface area contributed by atoms with Gasteiger partial charge in [-0.1, -0.05) is 18.2 Å². The molecule has 0 aliphatic carbocycles. The summed E-state index contributed by atoms with van der Waals surface area (Å²) in [5.74, 6) is 0.100. The predicted octanol–water partition coefficient (Wildman–Crippen LogP) is 4.17. The molecule has 0 spiro atoms. The SMILES string of the molecule is CCOC(=O)c1sc2nc(C)cc(C)c2c1NC(=O)CN(C)Cc1ccccc1OC. The first kappa shape index (κ1) is 22.7. The van der Waals surface area contributed by atoms with Crippen molar-refractivity contribution in [2.45, 2.75) is 27.3 Å². The average molecular weight is 442 g/mol. The quantitative estimate of drug-likeness (QED) is 0.529. The number of nitrogens with zero attached hydrogens (tertiary/aromatic N) is 2. The number of hydrogen-bond donors (Lipinski definition) is 1. The molecule has 3 aromatic rings. The second-order valence-corrected chi connectivity index (χ2v) is 8.32. The summed E-state index contributed by atoms with van der Waals surface area (Å²) in [7, 11) is 3.49. The second-order valence-electron chi connectivity index (χ2n) is 7.32. The minimum Gasteiger partial charge on any atom is -0.496 e. The molecule has 0 aliphatic heterocycles. The first-order valence-electron chi connectivity index (χ1n) is 10.0. The van der Waals surface area contributed by atoms with E-state index in [0.717, 1.165) is 28.0 Å². The summed E-state index contributed by atoms with van der Waals surface area (Å²) < 4.78 is 10.6. The van der Waals surface area contributed by atoms with Crippen LogP contribution in [0.25, 0.3) is 10.2 Å². The van der Waals surface area contributed by atoms with E-state index >= 15 is 0 Å². The molecule has 0 bridgehead atoms. The van der Waals surface area contributed by atoms with Gasteiger partial charge in [0.15, 0.2) is 0 Å². The molecule has 0 radical (unpaired) electrons. The van der Waals surface area contributed by atoms with E-state index in [1.807, 2.05) is 56.1 Å². The molecule has 7 nitrogen and oxygen atoms in total. The van der Waals surface area contributed by atoms with E-state index < -0.39 is 5.97 Å². The van der Waals surface area contributed by atoms with Gasteiger partial charge in [-0.25, -0.2) is 9.78 Å². The summed E-state index contributed by atoms with van der Waals surface area (Å²) in [6.45, 7) is 6.56. The van der Waals surface area contributed by atoms with Gasteiger partial charge >= 0.3 is 5.97 Å². The van der Waals surface area contributed by atoms with Crippen LogP contribution in [-0.2, 0) is 16.1 Å². The molecule has 0 unspecified atom stereocenters. The third-order valence-corrected chi connectivity index (χ3v) is 5.82. The lowest BCUT2D eigenvalue weighted by molar-refractivity contribution is -0.117. The third kappa shape index (κ3) is 5.21. The van der Waals surface area contributed by atoms with Gasteiger partial charge in [-0.05, 0) is 45.5 Å². The van der Waals surface area contributed by atoms with Gasteiger partial charge in [-0.15, -0.1) is 11.3 Å². The highest BCUT2D eigenvalue weighted by atomic mass is 32.1. The number of aryl methyl sites for hydroxylation is 2. The van der Waals surface area contributed by atoms with Crippen LogP contribution in [0.15, 0.2) is 30.3 Å². The molecule has 1 amide bonds. The van der Waals surface area contributed by atoms with Gasteiger partial charge in [0.25, 0.3) is 0 Å². The largest absolute Gasteiger partial charge is 0.496 e. The lowest BCUT2D eigenvalue weighted by Gasteiger charge is -2.18. The molecule has 31 heavy (non-hydrogen) atoms. The molecule has 0 fully saturated rings. The van der Waals surface area contributed by atoms with E-state index in [9.17, 15) is 9.59 Å². The first-order chi connectivity index (χ1) is 14.8. The molecule has 1 N–H and O–H groups in total. The summed E-state index contributed by atoms with van der Waals surface area (Å²) in [5.41, 5.74) is 3.27. The number of hydrogen-bond acceptors (Lipinski definition) is 7. The monoisotopic (exact) mass is 441 g/mol. The van der Waals surface area contributed by atoms with Crippen LogP contribution in [0.3, 0.4) is 0 Å². The molecule has 2 heterocycles. The van der Waals surface area contributed by atoms with Gasteiger partial charge < -0.3 is 14.8 Å². The summed E-state index contributed by atoms with van der Waals surface area (Å²) in [6, 6.07) is 9.64. The molecule has 0 saturated carbocycles. The number of amides is 1. The van der Waals surface area contributed by atoms with Crippen molar-refractivity contribution in [2.24, 2.45) is 0 Å². The number of ether oxygens (including phenoxy) is 2. The Morgan fingerprint density at radius 3 is 2.68 bits per heavy atom. The molecular formula is C23H27N3O4S. The molecule has 8 heteroatoms. The number of methoxy groups -OCH3 is 1. The van der Waals surface area contributed by atoms with Crippen molar-refractivity contribution in [3.63, 3.8) is 0 Å². The second kappa shape index (κ2) is 9.89. The molecule has 1 aromatic carbocycles. The van der Waals surface area contributed by atoms with Gasteiger partial charge in [0.1, 0.15) is 15.5 Å². The smallest absolute Gasteiger partial charge is 0.350 e. The normalized spacial score (nSPS) is 11.0. The Kier molecular flexibility index (Phi) is 7.25. The van der Waals surface area contributed by atoms with Crippen LogP contribution in [0.5, 0.6) is 5.75 Å². The Morgan fingerprint density at radius 1 is 1.23 bits per heavy atom. The fraction of sp³-hybridized carbons (Fsp3) is 0.348. The molecule has 0 aliphatic rings. The van der Waals surface area contributed by atoms with E-state index in [2.05, 4.69) is 10.3 Å². The number of carbonyl (C=O) groups is 2. The van der Waals surface area contributed by atoms with Crippen molar-refractivity contribution in [2.75, 3.05) is 32.6 Å². The number of pyridine rings is 1. The van der Waals surface area contributed by atoms with E-state index in [4.69, 9.17) is 9.47 Å². The van der Waals surface area contributed by atoms with Crippen LogP contribution in [-0.4, -0.2) is 49.1 Å². The van der Waals surface area contributed by atoms with E-state index in [0.29, 0.717) is 21.9 Å². The Labute approximate surface area is 186 Å². The van der Waals surface area contributed by atoms with E-state index in [1.165, 1.54) is 11.3 Å². The molecule has 164 valence electrons. The van der Waals surface area contributed by atoms with Crippen LogP contribution in [0.4, 0.5) is 5.69 Å². The summed E-state index contributed by atoms with van der Waals surface area (Å²) in [4.78, 5) is 32.9. The van der Waals surface area contributed by atoms with Crippen LogP contribution < -0.4 is 10.1 Å². The Hall–Kier alpha value is -2.97. The number of anilines is 1. The van der Waals surface area contributed by atoms with Gasteiger partial charge in [0.2, 0.25) is 5.91 Å². The predicted molar refractivity (Wildman–Crippen MR) is 123 cm³/mol. The van der Waals surface area contributed by atoms with Gasteiger partial charge in [-0.3, -0.25) is 9.69 Å². The van der Waals surface area contributed by atoms with Crippen molar-refractivity contribution in [3.05, 3.63) is 52.0 Å². The van der Waals surface area contributed by atoms with Crippen LogP contribution in [0.2, 0.25) is 0 Å². The first-order valence-corrected chi connectivity index (χ1v) is 10.8. The fourth-order valence-electron chi connectivity index (χ4n) is 3.51. The molecule has 3 rings (SSSR count). The molecule has 0 atom stereocenters. The van der Waals surface area contributed by atoms with Gasteiger partial charge in [-0.2, -0.15) is 0 Å². The van der Waals surface area contributed by atoms with Crippen LogP contribution >= 0.6 is 11.3 Å². The van der Waals surface area contributed by atoms with Crippen LogP contribution in [0.1, 0.15) is 33.4 Å². The Balaban J connectivity index is 1.83. The number of para-hydroxylation sites is 1. The van der Waals surface area contributed by atoms with Crippen molar-refractivity contribution in [1.29, 1.82) is 0 Å². The number of carbonyl (C=O) groups excluding carboxylic acids is 2. The highest BCUT2D eigenvalue weighted by Gasteiger charge is 2.24. The van der Waals surface area contributed by atoms with E-state index in [1.54, 1.807) is 14.0 Å². The topological polar surface area (TPSA) is 80.8 Å². The maximum atomic E-state index is 12.9. The highest BCUT2D eigenvalue weighted by molar-refractivity contribution is 7.21. The molecule has 2 aromatic heterocycles.